The molecule has 3 rings (SSSR count). The molecule has 0 bridgehead atoms. The first-order chi connectivity index (χ1) is 12.5. The molecule has 0 aliphatic heterocycles. The van der Waals surface area contributed by atoms with E-state index in [1.807, 2.05) is 13.0 Å². The molecule has 0 radical (unpaired) electrons. The highest BCUT2D eigenvalue weighted by molar-refractivity contribution is 6.31. The van der Waals surface area contributed by atoms with Crippen molar-refractivity contribution in [2.45, 2.75) is 13.5 Å². The molecule has 6 heteroatoms. The second-order valence-corrected chi connectivity index (χ2v) is 6.20. The molecule has 0 aliphatic carbocycles. The number of pyridine rings is 1. The molecule has 1 heterocycles. The highest BCUT2D eigenvalue weighted by Crippen LogP contribution is 2.20. The Morgan fingerprint density at radius 1 is 1.15 bits per heavy atom. The standard InChI is InChI=1S/C20H17ClFN3O/c1-13-6-8-16(10-17(13)21)25-20(26)15-7-9-19(24-12-15)23-11-14-4-2-3-5-18(14)22/h2-10,12H,11H2,1H3,(H,23,24)(H,25,26). The molecule has 0 aliphatic rings. The molecule has 26 heavy (non-hydrogen) atoms. The van der Waals surface area contributed by atoms with Crippen LogP contribution in [0.25, 0.3) is 0 Å². The van der Waals surface area contributed by atoms with Crippen LogP contribution in [0.1, 0.15) is 21.5 Å². The molecule has 1 aromatic heterocycles. The van der Waals surface area contributed by atoms with Crippen LogP contribution in [0.15, 0.2) is 60.8 Å². The zero-order valence-electron chi connectivity index (χ0n) is 14.1. The van der Waals surface area contributed by atoms with Gasteiger partial charge in [0.15, 0.2) is 0 Å². The zero-order chi connectivity index (χ0) is 18.5. The average molecular weight is 370 g/mol. The second kappa shape index (κ2) is 7.97. The minimum absolute atomic E-state index is 0.271. The van der Waals surface area contributed by atoms with Crippen LogP contribution in [-0.4, -0.2) is 10.9 Å². The smallest absolute Gasteiger partial charge is 0.257 e. The van der Waals surface area contributed by atoms with Crippen molar-refractivity contribution < 1.29 is 9.18 Å². The van der Waals surface area contributed by atoms with Crippen molar-refractivity contribution in [3.05, 3.63) is 88.3 Å². The van der Waals surface area contributed by atoms with Crippen LogP contribution >= 0.6 is 11.6 Å². The van der Waals surface area contributed by atoms with Gasteiger partial charge in [-0.15, -0.1) is 0 Å². The summed E-state index contributed by atoms with van der Waals surface area (Å²) >= 11 is 6.06. The van der Waals surface area contributed by atoms with Crippen molar-refractivity contribution >= 4 is 29.0 Å². The van der Waals surface area contributed by atoms with Gasteiger partial charge in [0.1, 0.15) is 11.6 Å². The summed E-state index contributed by atoms with van der Waals surface area (Å²) in [6.45, 7) is 2.21. The van der Waals surface area contributed by atoms with Crippen molar-refractivity contribution in [2.24, 2.45) is 0 Å². The number of carbonyl (C=O) groups excluding carboxylic acids is 1. The number of halogens is 2. The summed E-state index contributed by atoms with van der Waals surface area (Å²) in [5.74, 6) is 0.00835. The summed E-state index contributed by atoms with van der Waals surface area (Å²) in [7, 11) is 0. The molecule has 2 aromatic carbocycles. The Morgan fingerprint density at radius 3 is 2.65 bits per heavy atom. The summed E-state index contributed by atoms with van der Waals surface area (Å²) in [6.07, 6.45) is 1.47. The number of aromatic nitrogens is 1. The number of nitrogens with one attached hydrogen (secondary N) is 2. The Balaban J connectivity index is 1.62. The SMILES string of the molecule is Cc1ccc(NC(=O)c2ccc(NCc3ccccc3F)nc2)cc1Cl. The Morgan fingerprint density at radius 2 is 1.96 bits per heavy atom. The summed E-state index contributed by atoms with van der Waals surface area (Å²) in [5.41, 5.74) is 2.52. The lowest BCUT2D eigenvalue weighted by atomic mass is 10.2. The minimum atomic E-state index is -0.280. The van der Waals surface area contributed by atoms with Crippen molar-refractivity contribution in [3.63, 3.8) is 0 Å². The molecule has 0 saturated carbocycles. The molecule has 4 nitrogen and oxygen atoms in total. The number of carbonyl (C=O) groups is 1. The van der Waals surface area contributed by atoms with Crippen LogP contribution in [-0.2, 0) is 6.54 Å². The van der Waals surface area contributed by atoms with E-state index < -0.39 is 0 Å². The largest absolute Gasteiger partial charge is 0.366 e. The first-order valence-electron chi connectivity index (χ1n) is 8.04. The molecule has 0 spiro atoms. The number of rotatable bonds is 5. The zero-order valence-corrected chi connectivity index (χ0v) is 14.8. The van der Waals surface area contributed by atoms with E-state index >= 15 is 0 Å². The Labute approximate surface area is 156 Å². The molecule has 0 fully saturated rings. The van der Waals surface area contributed by atoms with Gasteiger partial charge in [-0.3, -0.25) is 4.79 Å². The van der Waals surface area contributed by atoms with Crippen LogP contribution in [0.2, 0.25) is 5.02 Å². The van der Waals surface area contributed by atoms with E-state index in [4.69, 9.17) is 11.6 Å². The van der Waals surface area contributed by atoms with Gasteiger partial charge in [0.05, 0.1) is 5.56 Å². The van der Waals surface area contributed by atoms with Crippen molar-refractivity contribution in [2.75, 3.05) is 10.6 Å². The van der Waals surface area contributed by atoms with Gasteiger partial charge in [0.2, 0.25) is 0 Å². The second-order valence-electron chi connectivity index (χ2n) is 5.80. The normalized spacial score (nSPS) is 10.4. The highest BCUT2D eigenvalue weighted by Gasteiger charge is 2.08. The average Bonchev–Trinajstić information content (AvgIpc) is 2.64. The summed E-state index contributed by atoms with van der Waals surface area (Å²) in [6, 6.07) is 15.2. The Bertz CT molecular complexity index is 929. The van der Waals surface area contributed by atoms with Gasteiger partial charge < -0.3 is 10.6 Å². The van der Waals surface area contributed by atoms with Gasteiger partial charge in [-0.05, 0) is 42.8 Å². The number of nitrogens with zero attached hydrogens (tertiary/aromatic N) is 1. The predicted octanol–water partition coefficient (Wildman–Crippen LogP) is 5.05. The first kappa shape index (κ1) is 17.9. The molecule has 0 atom stereocenters. The van der Waals surface area contributed by atoms with Gasteiger partial charge in [-0.25, -0.2) is 9.37 Å². The number of anilines is 2. The lowest BCUT2D eigenvalue weighted by Gasteiger charge is -2.09. The molecule has 0 saturated heterocycles. The molecule has 0 unspecified atom stereocenters. The molecule has 1 amide bonds. The molecule has 132 valence electrons. The number of amides is 1. The topological polar surface area (TPSA) is 54.0 Å². The molecular weight excluding hydrogens is 353 g/mol. The third-order valence-electron chi connectivity index (χ3n) is 3.87. The van der Waals surface area contributed by atoms with Crippen LogP contribution in [0, 0.1) is 12.7 Å². The summed E-state index contributed by atoms with van der Waals surface area (Å²) in [5, 5.41) is 6.40. The van der Waals surface area contributed by atoms with Gasteiger partial charge >= 0.3 is 0 Å². The fourth-order valence-corrected chi connectivity index (χ4v) is 2.51. The summed E-state index contributed by atoms with van der Waals surface area (Å²) < 4.78 is 13.6. The van der Waals surface area contributed by atoms with Gasteiger partial charge in [0.25, 0.3) is 5.91 Å². The monoisotopic (exact) mass is 369 g/mol. The van der Waals surface area contributed by atoms with Crippen LogP contribution in [0.3, 0.4) is 0 Å². The maximum absolute atomic E-state index is 13.6. The summed E-state index contributed by atoms with van der Waals surface area (Å²) in [4.78, 5) is 16.5. The number of aryl methyl sites for hydroxylation is 1. The quantitative estimate of drug-likeness (QED) is 0.662. The number of benzene rings is 2. The van der Waals surface area contributed by atoms with Crippen molar-refractivity contribution in [1.29, 1.82) is 0 Å². The minimum Gasteiger partial charge on any atom is -0.366 e. The lowest BCUT2D eigenvalue weighted by molar-refractivity contribution is 0.102. The number of hydrogen-bond donors (Lipinski definition) is 2. The highest BCUT2D eigenvalue weighted by atomic mass is 35.5. The van der Waals surface area contributed by atoms with E-state index in [1.54, 1.807) is 42.5 Å². The first-order valence-corrected chi connectivity index (χ1v) is 8.41. The van der Waals surface area contributed by atoms with E-state index in [-0.39, 0.29) is 11.7 Å². The van der Waals surface area contributed by atoms with Gasteiger partial charge in [-0.1, -0.05) is 35.9 Å². The molecule has 2 N–H and O–H groups in total. The number of hydrogen-bond acceptors (Lipinski definition) is 3. The van der Waals surface area contributed by atoms with Crippen molar-refractivity contribution in [1.82, 2.24) is 4.98 Å². The van der Waals surface area contributed by atoms with Crippen LogP contribution in [0.5, 0.6) is 0 Å². The van der Waals surface area contributed by atoms with E-state index in [2.05, 4.69) is 15.6 Å². The maximum atomic E-state index is 13.6. The third kappa shape index (κ3) is 4.37. The maximum Gasteiger partial charge on any atom is 0.257 e. The predicted molar refractivity (Wildman–Crippen MR) is 102 cm³/mol. The van der Waals surface area contributed by atoms with E-state index in [0.717, 1.165) is 5.56 Å². The molecular formula is C20H17ClFN3O. The van der Waals surface area contributed by atoms with E-state index in [9.17, 15) is 9.18 Å². The van der Waals surface area contributed by atoms with E-state index in [0.29, 0.717) is 34.2 Å². The van der Waals surface area contributed by atoms with Crippen LogP contribution in [0.4, 0.5) is 15.9 Å². The lowest BCUT2D eigenvalue weighted by Crippen LogP contribution is -2.12. The van der Waals surface area contributed by atoms with Gasteiger partial charge in [-0.2, -0.15) is 0 Å². The van der Waals surface area contributed by atoms with Crippen molar-refractivity contribution in [3.8, 4) is 0 Å². The van der Waals surface area contributed by atoms with Gasteiger partial charge in [0, 0.05) is 29.0 Å². The fraction of sp³-hybridized carbons (Fsp3) is 0.100. The third-order valence-corrected chi connectivity index (χ3v) is 4.28. The molecule has 3 aromatic rings. The van der Waals surface area contributed by atoms with Crippen LogP contribution < -0.4 is 10.6 Å². The Kier molecular flexibility index (Phi) is 5.49. The van der Waals surface area contributed by atoms with E-state index in [1.165, 1.54) is 12.3 Å². The Hall–Kier alpha value is -2.92. The fourth-order valence-electron chi connectivity index (χ4n) is 2.33.